The summed E-state index contributed by atoms with van der Waals surface area (Å²) in [6, 6.07) is 0. The van der Waals surface area contributed by atoms with Crippen molar-refractivity contribution >= 4 is 13.8 Å². The SMILES string of the molecule is CCOCC[PH](=O)CC(C)C(=O)OCC. The number of esters is 1. The maximum atomic E-state index is 11.5. The summed E-state index contributed by atoms with van der Waals surface area (Å²) in [7, 11) is -1.70. The highest BCUT2D eigenvalue weighted by Crippen LogP contribution is 2.24. The Bertz CT molecular complexity index is 206. The van der Waals surface area contributed by atoms with Crippen molar-refractivity contribution in [1.29, 1.82) is 0 Å². The summed E-state index contributed by atoms with van der Waals surface area (Å²) < 4.78 is 21.5. The first-order valence-electron chi connectivity index (χ1n) is 5.37. The van der Waals surface area contributed by atoms with E-state index >= 15 is 0 Å². The van der Waals surface area contributed by atoms with Crippen molar-refractivity contribution in [3.63, 3.8) is 0 Å². The molecule has 0 radical (unpaired) electrons. The van der Waals surface area contributed by atoms with Crippen molar-refractivity contribution in [2.45, 2.75) is 20.8 Å². The maximum absolute atomic E-state index is 11.5. The van der Waals surface area contributed by atoms with E-state index in [9.17, 15) is 9.36 Å². The molecule has 90 valence electrons. The Balaban J connectivity index is 3.70. The van der Waals surface area contributed by atoms with Crippen molar-refractivity contribution in [3.8, 4) is 0 Å². The predicted molar refractivity (Wildman–Crippen MR) is 61.0 cm³/mol. The number of hydrogen-bond donors (Lipinski definition) is 0. The lowest BCUT2D eigenvalue weighted by Gasteiger charge is -2.09. The molecule has 0 amide bonds. The van der Waals surface area contributed by atoms with Crippen LogP contribution in [0.4, 0.5) is 0 Å². The molecule has 0 aromatic rings. The van der Waals surface area contributed by atoms with E-state index in [1.165, 1.54) is 0 Å². The molecule has 0 spiro atoms. The van der Waals surface area contributed by atoms with E-state index < -0.39 is 7.80 Å². The molecule has 5 heteroatoms. The van der Waals surface area contributed by atoms with Gasteiger partial charge < -0.3 is 14.0 Å². The molecule has 0 aromatic heterocycles. The van der Waals surface area contributed by atoms with Crippen LogP contribution in [-0.2, 0) is 18.8 Å². The molecule has 0 aromatic carbocycles. The van der Waals surface area contributed by atoms with E-state index in [0.29, 0.717) is 32.1 Å². The molecule has 0 saturated carbocycles. The minimum atomic E-state index is -1.70. The van der Waals surface area contributed by atoms with Gasteiger partial charge in [0.05, 0.1) is 26.9 Å². The first-order valence-corrected chi connectivity index (χ1v) is 7.20. The van der Waals surface area contributed by atoms with E-state index in [0.717, 1.165) is 0 Å². The first kappa shape index (κ1) is 14.7. The fourth-order valence-electron chi connectivity index (χ4n) is 1.14. The zero-order chi connectivity index (χ0) is 11.7. The third-order valence-corrected chi connectivity index (χ3v) is 3.78. The van der Waals surface area contributed by atoms with Gasteiger partial charge in [-0.2, -0.15) is 0 Å². The van der Waals surface area contributed by atoms with Gasteiger partial charge in [-0.3, -0.25) is 4.79 Å². The summed E-state index contributed by atoms with van der Waals surface area (Å²) in [5.41, 5.74) is 0. The van der Waals surface area contributed by atoms with Crippen molar-refractivity contribution in [2.24, 2.45) is 5.92 Å². The van der Waals surface area contributed by atoms with Gasteiger partial charge in [0, 0.05) is 18.9 Å². The minimum Gasteiger partial charge on any atom is -0.466 e. The molecule has 15 heavy (non-hydrogen) atoms. The maximum Gasteiger partial charge on any atom is 0.309 e. The second-order valence-electron chi connectivity index (χ2n) is 3.34. The smallest absolute Gasteiger partial charge is 0.309 e. The second kappa shape index (κ2) is 8.93. The van der Waals surface area contributed by atoms with Gasteiger partial charge in [0.1, 0.15) is 0 Å². The van der Waals surface area contributed by atoms with Crippen LogP contribution in [-0.4, -0.2) is 38.1 Å². The molecular weight excluding hydrogens is 215 g/mol. The number of hydrogen-bond acceptors (Lipinski definition) is 4. The van der Waals surface area contributed by atoms with Gasteiger partial charge in [0.25, 0.3) is 0 Å². The van der Waals surface area contributed by atoms with Crippen LogP contribution in [0, 0.1) is 5.92 Å². The Morgan fingerprint density at radius 3 is 2.53 bits per heavy atom. The molecule has 0 N–H and O–H groups in total. The highest BCUT2D eigenvalue weighted by molar-refractivity contribution is 7.44. The summed E-state index contributed by atoms with van der Waals surface area (Å²) in [5, 5.41) is 0. The number of ether oxygens (including phenoxy) is 2. The lowest BCUT2D eigenvalue weighted by Crippen LogP contribution is -2.17. The van der Waals surface area contributed by atoms with Crippen molar-refractivity contribution in [2.75, 3.05) is 32.1 Å². The highest BCUT2D eigenvalue weighted by Gasteiger charge is 2.16. The fourth-order valence-corrected chi connectivity index (χ4v) is 2.57. The minimum absolute atomic E-state index is 0.257. The Hall–Kier alpha value is -0.340. The Morgan fingerprint density at radius 1 is 1.33 bits per heavy atom. The predicted octanol–water partition coefficient (Wildman–Crippen LogP) is 1.78. The second-order valence-corrected chi connectivity index (χ2v) is 5.33. The summed E-state index contributed by atoms with van der Waals surface area (Å²) in [6.45, 7) is 6.96. The van der Waals surface area contributed by atoms with Crippen LogP contribution in [0.15, 0.2) is 0 Å². The largest absolute Gasteiger partial charge is 0.466 e. The van der Waals surface area contributed by atoms with Gasteiger partial charge in [0.15, 0.2) is 0 Å². The van der Waals surface area contributed by atoms with Gasteiger partial charge in [-0.05, 0) is 13.8 Å². The van der Waals surface area contributed by atoms with Gasteiger partial charge in [0.2, 0.25) is 0 Å². The van der Waals surface area contributed by atoms with Crippen molar-refractivity contribution in [3.05, 3.63) is 0 Å². The van der Waals surface area contributed by atoms with E-state index in [4.69, 9.17) is 9.47 Å². The average Bonchev–Trinajstić information content (AvgIpc) is 2.18. The summed E-state index contributed by atoms with van der Waals surface area (Å²) >= 11 is 0. The molecule has 2 unspecified atom stereocenters. The number of carbonyl (C=O) groups excluding carboxylic acids is 1. The molecule has 0 aliphatic heterocycles. The molecule has 0 bridgehead atoms. The average molecular weight is 236 g/mol. The van der Waals surface area contributed by atoms with E-state index in [1.807, 2.05) is 6.92 Å². The monoisotopic (exact) mass is 236 g/mol. The topological polar surface area (TPSA) is 52.6 Å². The van der Waals surface area contributed by atoms with Crippen LogP contribution >= 0.6 is 7.80 Å². The molecule has 2 atom stereocenters. The molecule has 0 fully saturated rings. The highest BCUT2D eigenvalue weighted by atomic mass is 31.1. The van der Waals surface area contributed by atoms with E-state index in [-0.39, 0.29) is 11.9 Å². The van der Waals surface area contributed by atoms with Crippen molar-refractivity contribution < 1.29 is 18.8 Å². The lowest BCUT2D eigenvalue weighted by molar-refractivity contribution is -0.146. The standard InChI is InChI=1S/C10H21O4P/c1-4-13-6-7-15(12)8-9(3)10(11)14-5-2/h9,15H,4-8H2,1-3H3. The Kier molecular flexibility index (Phi) is 8.73. The van der Waals surface area contributed by atoms with Crippen LogP contribution in [0.2, 0.25) is 0 Å². The zero-order valence-corrected chi connectivity index (χ0v) is 10.7. The molecule has 0 rings (SSSR count). The molecular formula is C10H21O4P. The van der Waals surface area contributed by atoms with E-state index in [2.05, 4.69) is 0 Å². The molecule has 0 heterocycles. The molecule has 0 aliphatic rings. The molecule has 0 saturated heterocycles. The van der Waals surface area contributed by atoms with Crippen LogP contribution in [0.1, 0.15) is 20.8 Å². The zero-order valence-electron chi connectivity index (χ0n) is 9.75. The normalized spacial score (nSPS) is 14.6. The van der Waals surface area contributed by atoms with E-state index in [1.54, 1.807) is 13.8 Å². The Labute approximate surface area is 92.1 Å². The van der Waals surface area contributed by atoms with Crippen LogP contribution < -0.4 is 0 Å². The molecule has 0 aliphatic carbocycles. The number of carbonyl (C=O) groups is 1. The lowest BCUT2D eigenvalue weighted by atomic mass is 10.2. The van der Waals surface area contributed by atoms with Crippen molar-refractivity contribution in [1.82, 2.24) is 0 Å². The van der Waals surface area contributed by atoms with Gasteiger partial charge in [-0.15, -0.1) is 0 Å². The fraction of sp³-hybridized carbons (Fsp3) is 0.900. The van der Waals surface area contributed by atoms with Gasteiger partial charge in [-0.25, -0.2) is 0 Å². The van der Waals surface area contributed by atoms with Crippen LogP contribution in [0.25, 0.3) is 0 Å². The quantitative estimate of drug-likeness (QED) is 0.366. The van der Waals surface area contributed by atoms with Gasteiger partial charge >= 0.3 is 5.97 Å². The Morgan fingerprint density at radius 2 is 2.00 bits per heavy atom. The number of rotatable bonds is 8. The summed E-state index contributed by atoms with van der Waals surface area (Å²) in [6.07, 6.45) is 0.985. The summed E-state index contributed by atoms with van der Waals surface area (Å²) in [5.74, 6) is -0.523. The van der Waals surface area contributed by atoms with Crippen LogP contribution in [0.3, 0.4) is 0 Å². The van der Waals surface area contributed by atoms with Crippen LogP contribution in [0.5, 0.6) is 0 Å². The van der Waals surface area contributed by atoms with Gasteiger partial charge in [-0.1, -0.05) is 6.92 Å². The summed E-state index contributed by atoms with van der Waals surface area (Å²) in [4.78, 5) is 11.2. The third-order valence-electron chi connectivity index (χ3n) is 1.95. The first-order chi connectivity index (χ1) is 7.11. The molecule has 4 nitrogen and oxygen atoms in total. The third kappa shape index (κ3) is 7.57.